The van der Waals surface area contributed by atoms with Gasteiger partial charge in [0.2, 0.25) is 0 Å². The second-order valence-corrected chi connectivity index (χ2v) is 6.08. The maximum absolute atomic E-state index is 5.96. The van der Waals surface area contributed by atoms with E-state index in [0.717, 1.165) is 23.7 Å². The Bertz CT molecular complexity index is 580. The highest BCUT2D eigenvalue weighted by Crippen LogP contribution is 2.27. The lowest BCUT2D eigenvalue weighted by molar-refractivity contribution is 0.242. The van der Waals surface area contributed by atoms with Gasteiger partial charge in [-0.3, -0.25) is 0 Å². The number of aryl methyl sites for hydroxylation is 1. The first-order valence-corrected chi connectivity index (χ1v) is 7.51. The van der Waals surface area contributed by atoms with E-state index in [1.54, 1.807) is 11.3 Å². The van der Waals surface area contributed by atoms with E-state index in [-0.39, 0.29) is 6.10 Å². The van der Waals surface area contributed by atoms with Gasteiger partial charge in [-0.05, 0) is 26.8 Å². The number of hydrogen-bond acceptors (Lipinski definition) is 5. The largest absolute Gasteiger partial charge is 0.491 e. The summed E-state index contributed by atoms with van der Waals surface area (Å²) in [5.74, 6) is 0.808. The Hall–Kier alpha value is -1.75. The lowest BCUT2D eigenvalue weighted by Crippen LogP contribution is -2.17. The summed E-state index contributed by atoms with van der Waals surface area (Å²) < 4.78 is 5.73. The number of aromatic nitrogens is 1. The fraction of sp³-hybridized carbons (Fsp3) is 0.400. The Labute approximate surface area is 124 Å². The van der Waals surface area contributed by atoms with Gasteiger partial charge in [0.1, 0.15) is 5.75 Å². The van der Waals surface area contributed by atoms with Crippen molar-refractivity contribution in [2.24, 2.45) is 0 Å². The molecule has 0 saturated carbocycles. The van der Waals surface area contributed by atoms with Crippen molar-refractivity contribution in [2.45, 2.75) is 33.4 Å². The lowest BCUT2D eigenvalue weighted by Gasteiger charge is -2.21. The molecule has 0 aliphatic heterocycles. The van der Waals surface area contributed by atoms with Crippen LogP contribution in [-0.2, 0) is 6.54 Å². The molecule has 2 rings (SSSR count). The maximum atomic E-state index is 5.96. The first-order valence-electron chi connectivity index (χ1n) is 6.63. The minimum atomic E-state index is 0.138. The smallest absolute Gasteiger partial charge is 0.123 e. The van der Waals surface area contributed by atoms with E-state index in [0.29, 0.717) is 5.69 Å². The zero-order chi connectivity index (χ0) is 14.7. The van der Waals surface area contributed by atoms with Gasteiger partial charge in [-0.2, -0.15) is 0 Å². The minimum absolute atomic E-state index is 0.138. The Morgan fingerprint density at radius 1 is 1.35 bits per heavy atom. The van der Waals surface area contributed by atoms with Gasteiger partial charge in [0.25, 0.3) is 0 Å². The van der Waals surface area contributed by atoms with Crippen molar-refractivity contribution in [1.82, 2.24) is 4.98 Å². The highest BCUT2D eigenvalue weighted by molar-refractivity contribution is 7.09. The molecule has 0 amide bonds. The van der Waals surface area contributed by atoms with Crippen LogP contribution in [0.1, 0.15) is 24.4 Å². The molecule has 108 valence electrons. The number of anilines is 2. The summed E-state index contributed by atoms with van der Waals surface area (Å²) in [6.45, 7) is 6.87. The summed E-state index contributed by atoms with van der Waals surface area (Å²) in [5.41, 5.74) is 10.7. The SMILES string of the molecule is Cc1ncsc1CN(C)c1cc(N)cc(OC(C)C)c1. The number of nitrogen functional groups attached to an aromatic ring is 1. The van der Waals surface area contributed by atoms with E-state index in [1.165, 1.54) is 4.88 Å². The number of hydrogen-bond donors (Lipinski definition) is 1. The van der Waals surface area contributed by atoms with E-state index < -0.39 is 0 Å². The first-order chi connectivity index (χ1) is 9.45. The zero-order valence-corrected chi connectivity index (χ0v) is 13.2. The van der Waals surface area contributed by atoms with Gasteiger partial charge < -0.3 is 15.4 Å². The van der Waals surface area contributed by atoms with Gasteiger partial charge >= 0.3 is 0 Å². The van der Waals surface area contributed by atoms with Crippen LogP contribution in [0.2, 0.25) is 0 Å². The van der Waals surface area contributed by atoms with Gasteiger partial charge in [-0.25, -0.2) is 4.98 Å². The van der Waals surface area contributed by atoms with Crippen molar-refractivity contribution in [1.29, 1.82) is 0 Å². The van der Waals surface area contributed by atoms with Crippen LogP contribution in [0, 0.1) is 6.92 Å². The summed E-state index contributed by atoms with van der Waals surface area (Å²) in [7, 11) is 2.05. The van der Waals surface area contributed by atoms with Crippen molar-refractivity contribution in [3.05, 3.63) is 34.3 Å². The molecule has 0 aliphatic carbocycles. The number of rotatable bonds is 5. The quantitative estimate of drug-likeness (QED) is 0.857. The van der Waals surface area contributed by atoms with Gasteiger partial charge in [-0.1, -0.05) is 0 Å². The Morgan fingerprint density at radius 2 is 2.10 bits per heavy atom. The Kier molecular flexibility index (Phi) is 4.49. The number of nitrogens with zero attached hydrogens (tertiary/aromatic N) is 2. The van der Waals surface area contributed by atoms with Gasteiger partial charge in [0, 0.05) is 35.4 Å². The van der Waals surface area contributed by atoms with Crippen LogP contribution in [0.25, 0.3) is 0 Å². The van der Waals surface area contributed by atoms with E-state index in [1.807, 2.05) is 51.5 Å². The van der Waals surface area contributed by atoms with Gasteiger partial charge in [0.15, 0.2) is 0 Å². The second kappa shape index (κ2) is 6.13. The molecule has 2 aromatic rings. The van der Waals surface area contributed by atoms with E-state index in [2.05, 4.69) is 9.88 Å². The van der Waals surface area contributed by atoms with Crippen molar-refractivity contribution in [2.75, 3.05) is 17.7 Å². The van der Waals surface area contributed by atoms with E-state index >= 15 is 0 Å². The molecule has 0 saturated heterocycles. The fourth-order valence-corrected chi connectivity index (χ4v) is 2.78. The summed E-state index contributed by atoms with van der Waals surface area (Å²) in [6, 6.07) is 5.84. The normalized spacial score (nSPS) is 10.8. The molecule has 4 nitrogen and oxygen atoms in total. The number of ether oxygens (including phenoxy) is 1. The Morgan fingerprint density at radius 3 is 2.70 bits per heavy atom. The number of nitrogens with two attached hydrogens (primary N) is 1. The molecule has 0 fully saturated rings. The average molecular weight is 291 g/mol. The van der Waals surface area contributed by atoms with Gasteiger partial charge in [0.05, 0.1) is 23.9 Å². The number of benzene rings is 1. The van der Waals surface area contributed by atoms with Crippen LogP contribution in [-0.4, -0.2) is 18.1 Å². The van der Waals surface area contributed by atoms with Crippen LogP contribution in [0.3, 0.4) is 0 Å². The molecule has 2 N–H and O–H groups in total. The van der Waals surface area contributed by atoms with Crippen LogP contribution >= 0.6 is 11.3 Å². The highest BCUT2D eigenvalue weighted by Gasteiger charge is 2.09. The third kappa shape index (κ3) is 3.63. The van der Waals surface area contributed by atoms with E-state index in [4.69, 9.17) is 10.5 Å². The Balaban J connectivity index is 2.18. The summed E-state index contributed by atoms with van der Waals surface area (Å²) >= 11 is 1.68. The summed E-state index contributed by atoms with van der Waals surface area (Å²) in [5, 5.41) is 0. The first kappa shape index (κ1) is 14.7. The molecule has 0 radical (unpaired) electrons. The van der Waals surface area contributed by atoms with Crippen LogP contribution in [0.15, 0.2) is 23.7 Å². The van der Waals surface area contributed by atoms with Gasteiger partial charge in [-0.15, -0.1) is 11.3 Å². The third-order valence-electron chi connectivity index (χ3n) is 2.95. The molecular formula is C15H21N3OS. The van der Waals surface area contributed by atoms with Crippen molar-refractivity contribution in [3.8, 4) is 5.75 Å². The summed E-state index contributed by atoms with van der Waals surface area (Å²) in [6.07, 6.45) is 0.138. The molecule has 0 aliphatic rings. The zero-order valence-electron chi connectivity index (χ0n) is 12.4. The maximum Gasteiger partial charge on any atom is 0.123 e. The van der Waals surface area contributed by atoms with Crippen LogP contribution < -0.4 is 15.4 Å². The van der Waals surface area contributed by atoms with E-state index in [9.17, 15) is 0 Å². The number of thiazole rings is 1. The molecule has 0 spiro atoms. The molecule has 1 aromatic carbocycles. The predicted molar refractivity (Wildman–Crippen MR) is 85.6 cm³/mol. The van der Waals surface area contributed by atoms with Crippen LogP contribution in [0.4, 0.5) is 11.4 Å². The molecule has 0 bridgehead atoms. The highest BCUT2D eigenvalue weighted by atomic mass is 32.1. The predicted octanol–water partition coefficient (Wildman–Crippen LogP) is 3.46. The lowest BCUT2D eigenvalue weighted by atomic mass is 10.2. The van der Waals surface area contributed by atoms with Crippen molar-refractivity contribution in [3.63, 3.8) is 0 Å². The molecule has 1 heterocycles. The monoisotopic (exact) mass is 291 g/mol. The molecular weight excluding hydrogens is 270 g/mol. The molecule has 1 aromatic heterocycles. The third-order valence-corrected chi connectivity index (χ3v) is 3.87. The van der Waals surface area contributed by atoms with Crippen LogP contribution in [0.5, 0.6) is 5.75 Å². The molecule has 5 heteroatoms. The second-order valence-electron chi connectivity index (χ2n) is 5.14. The summed E-state index contributed by atoms with van der Waals surface area (Å²) in [4.78, 5) is 7.70. The minimum Gasteiger partial charge on any atom is -0.491 e. The molecule has 0 unspecified atom stereocenters. The average Bonchev–Trinajstić information content (AvgIpc) is 2.73. The van der Waals surface area contributed by atoms with Crippen molar-refractivity contribution < 1.29 is 4.74 Å². The van der Waals surface area contributed by atoms with Crippen molar-refractivity contribution >= 4 is 22.7 Å². The topological polar surface area (TPSA) is 51.4 Å². The fourth-order valence-electron chi connectivity index (χ4n) is 1.95. The standard InChI is InChI=1S/C15H21N3OS/c1-10(2)19-14-6-12(16)5-13(7-14)18(4)8-15-11(3)17-9-20-15/h5-7,9-10H,8,16H2,1-4H3. The molecule has 20 heavy (non-hydrogen) atoms. The molecule has 0 atom stereocenters.